The number of fused-ring (bicyclic) bond motifs is 1. The van der Waals surface area contributed by atoms with E-state index in [1.54, 1.807) is 4.90 Å². The van der Waals surface area contributed by atoms with Gasteiger partial charge in [-0.25, -0.2) is 4.68 Å². The van der Waals surface area contributed by atoms with Crippen molar-refractivity contribution in [1.82, 2.24) is 14.7 Å². The van der Waals surface area contributed by atoms with Crippen LogP contribution in [0.15, 0.2) is 48.5 Å². The molecule has 0 unspecified atom stereocenters. The van der Waals surface area contributed by atoms with Gasteiger partial charge in [-0.15, -0.1) is 5.10 Å². The first-order valence-electron chi connectivity index (χ1n) is 8.21. The third-order valence-electron chi connectivity index (χ3n) is 4.57. The standard InChI is InChI=1S/C19H19N5/c1-15-6-8-16(9-7-15)24-18-5-3-2-4-17(18)19(21-24)23-12-10-22(14-20)11-13-23/h2-9H,10-13H2,1H3. The van der Waals surface area contributed by atoms with E-state index in [9.17, 15) is 0 Å². The summed E-state index contributed by atoms with van der Waals surface area (Å²) < 4.78 is 2.01. The summed E-state index contributed by atoms with van der Waals surface area (Å²) >= 11 is 0. The molecule has 0 N–H and O–H groups in total. The van der Waals surface area contributed by atoms with Crippen molar-refractivity contribution in [3.63, 3.8) is 0 Å². The lowest BCUT2D eigenvalue weighted by atomic mass is 10.2. The number of para-hydroxylation sites is 1. The number of rotatable bonds is 2. The quantitative estimate of drug-likeness (QED) is 0.682. The molecule has 2 aromatic carbocycles. The summed E-state index contributed by atoms with van der Waals surface area (Å²) in [6.45, 7) is 5.24. The smallest absolute Gasteiger partial charge is 0.179 e. The molecule has 0 spiro atoms. The van der Waals surface area contributed by atoms with E-state index < -0.39 is 0 Å². The third kappa shape index (κ3) is 2.46. The van der Waals surface area contributed by atoms with Crippen molar-refractivity contribution < 1.29 is 0 Å². The second kappa shape index (κ2) is 5.89. The lowest BCUT2D eigenvalue weighted by molar-refractivity contribution is 0.362. The number of nitrogens with zero attached hydrogens (tertiary/aromatic N) is 5. The first-order valence-corrected chi connectivity index (χ1v) is 8.21. The Labute approximate surface area is 141 Å². The van der Waals surface area contributed by atoms with Crippen LogP contribution in [0, 0.1) is 18.4 Å². The van der Waals surface area contributed by atoms with Gasteiger partial charge in [0.2, 0.25) is 0 Å². The Morgan fingerprint density at radius 3 is 2.38 bits per heavy atom. The topological polar surface area (TPSA) is 48.1 Å². The molecular formula is C19H19N5. The highest BCUT2D eigenvalue weighted by molar-refractivity contribution is 5.91. The average molecular weight is 317 g/mol. The van der Waals surface area contributed by atoms with Crippen LogP contribution in [0.1, 0.15) is 5.56 Å². The second-order valence-electron chi connectivity index (χ2n) is 6.16. The van der Waals surface area contributed by atoms with Crippen molar-refractivity contribution in [2.45, 2.75) is 6.92 Å². The van der Waals surface area contributed by atoms with E-state index in [1.807, 2.05) is 10.7 Å². The molecule has 0 bridgehead atoms. The highest BCUT2D eigenvalue weighted by Crippen LogP contribution is 2.29. The van der Waals surface area contributed by atoms with Crippen LogP contribution in [0.2, 0.25) is 0 Å². The fourth-order valence-corrected chi connectivity index (χ4v) is 3.18. The van der Waals surface area contributed by atoms with E-state index in [-0.39, 0.29) is 0 Å². The molecule has 1 fully saturated rings. The zero-order valence-corrected chi connectivity index (χ0v) is 13.7. The summed E-state index contributed by atoms with van der Waals surface area (Å²) in [4.78, 5) is 4.08. The van der Waals surface area contributed by atoms with Gasteiger partial charge < -0.3 is 9.80 Å². The SMILES string of the molecule is Cc1ccc(-n2nc(N3CCN(C#N)CC3)c3ccccc32)cc1. The Kier molecular flexibility index (Phi) is 3.58. The van der Waals surface area contributed by atoms with Crippen LogP contribution in [0.5, 0.6) is 0 Å². The lowest BCUT2D eigenvalue weighted by Crippen LogP contribution is -2.44. The summed E-state index contributed by atoms with van der Waals surface area (Å²) in [5.74, 6) is 1.00. The van der Waals surface area contributed by atoms with Gasteiger partial charge in [0.05, 0.1) is 11.2 Å². The van der Waals surface area contributed by atoms with Crippen molar-refractivity contribution in [2.75, 3.05) is 31.1 Å². The van der Waals surface area contributed by atoms with Gasteiger partial charge in [0, 0.05) is 31.6 Å². The maximum absolute atomic E-state index is 9.03. The summed E-state index contributed by atoms with van der Waals surface area (Å²) in [6.07, 6.45) is 2.23. The highest BCUT2D eigenvalue weighted by Gasteiger charge is 2.21. The number of piperazine rings is 1. The number of hydrogen-bond donors (Lipinski definition) is 0. The number of benzene rings is 2. The molecule has 4 rings (SSSR count). The van der Waals surface area contributed by atoms with Crippen molar-refractivity contribution in [3.05, 3.63) is 54.1 Å². The Bertz CT molecular complexity index is 896. The number of nitriles is 1. The molecule has 0 amide bonds. The van der Waals surface area contributed by atoms with E-state index in [4.69, 9.17) is 10.4 Å². The van der Waals surface area contributed by atoms with Crippen LogP contribution in [-0.2, 0) is 0 Å². The Morgan fingerprint density at radius 2 is 1.67 bits per heavy atom. The van der Waals surface area contributed by atoms with Crippen molar-refractivity contribution in [3.8, 4) is 11.9 Å². The maximum Gasteiger partial charge on any atom is 0.179 e. The molecule has 1 aromatic heterocycles. The van der Waals surface area contributed by atoms with E-state index in [0.717, 1.165) is 48.6 Å². The third-order valence-corrected chi connectivity index (χ3v) is 4.57. The first-order chi connectivity index (χ1) is 11.8. The number of hydrogen-bond acceptors (Lipinski definition) is 4. The fraction of sp³-hybridized carbons (Fsp3) is 0.263. The summed E-state index contributed by atoms with van der Waals surface area (Å²) in [6, 6.07) is 16.8. The van der Waals surface area contributed by atoms with E-state index in [2.05, 4.69) is 60.5 Å². The molecule has 2 heterocycles. The molecule has 5 heteroatoms. The maximum atomic E-state index is 9.03. The van der Waals surface area contributed by atoms with Crippen LogP contribution in [0.25, 0.3) is 16.6 Å². The van der Waals surface area contributed by atoms with E-state index in [1.165, 1.54) is 5.56 Å². The van der Waals surface area contributed by atoms with Gasteiger partial charge in [-0.2, -0.15) is 5.26 Å². The molecule has 24 heavy (non-hydrogen) atoms. The molecule has 3 aromatic rings. The van der Waals surface area contributed by atoms with Gasteiger partial charge in [0.1, 0.15) is 0 Å². The van der Waals surface area contributed by atoms with Gasteiger partial charge in [-0.05, 0) is 31.2 Å². The number of aryl methyl sites for hydroxylation is 1. The lowest BCUT2D eigenvalue weighted by Gasteiger charge is -2.31. The van der Waals surface area contributed by atoms with Crippen molar-refractivity contribution in [2.24, 2.45) is 0 Å². The first kappa shape index (κ1) is 14.6. The van der Waals surface area contributed by atoms with Gasteiger partial charge in [0.25, 0.3) is 0 Å². The molecule has 0 radical (unpaired) electrons. The molecule has 5 nitrogen and oxygen atoms in total. The predicted octanol–water partition coefficient (Wildman–Crippen LogP) is 2.94. The normalized spacial score (nSPS) is 14.8. The fourth-order valence-electron chi connectivity index (χ4n) is 3.18. The second-order valence-corrected chi connectivity index (χ2v) is 6.16. The summed E-state index contributed by atoms with van der Waals surface area (Å²) in [5, 5.41) is 15.1. The van der Waals surface area contributed by atoms with Crippen molar-refractivity contribution in [1.29, 1.82) is 5.26 Å². The minimum atomic E-state index is 0.752. The molecule has 0 atom stereocenters. The molecule has 1 aliphatic heterocycles. The van der Waals surface area contributed by atoms with Crippen molar-refractivity contribution >= 4 is 16.7 Å². The van der Waals surface area contributed by atoms with E-state index in [0.29, 0.717) is 0 Å². The average Bonchev–Trinajstić information content (AvgIpc) is 3.02. The summed E-state index contributed by atoms with van der Waals surface area (Å²) in [5.41, 5.74) is 3.42. The Balaban J connectivity index is 1.77. The van der Waals surface area contributed by atoms with Gasteiger partial charge in [-0.1, -0.05) is 29.8 Å². The van der Waals surface area contributed by atoms with Gasteiger partial charge in [0.15, 0.2) is 12.0 Å². The predicted molar refractivity (Wildman–Crippen MR) is 95.2 cm³/mol. The highest BCUT2D eigenvalue weighted by atomic mass is 15.4. The zero-order valence-electron chi connectivity index (χ0n) is 13.7. The number of aromatic nitrogens is 2. The van der Waals surface area contributed by atoms with E-state index >= 15 is 0 Å². The molecule has 1 aliphatic rings. The Hall–Kier alpha value is -3.00. The van der Waals surface area contributed by atoms with Crippen LogP contribution >= 0.6 is 0 Å². The monoisotopic (exact) mass is 317 g/mol. The Morgan fingerprint density at radius 1 is 0.958 bits per heavy atom. The minimum Gasteiger partial charge on any atom is -0.351 e. The number of anilines is 1. The van der Waals surface area contributed by atoms with Crippen LogP contribution in [0.4, 0.5) is 5.82 Å². The molecule has 1 saturated heterocycles. The zero-order chi connectivity index (χ0) is 16.5. The van der Waals surface area contributed by atoms with Crippen LogP contribution in [0.3, 0.4) is 0 Å². The van der Waals surface area contributed by atoms with Gasteiger partial charge in [-0.3, -0.25) is 0 Å². The largest absolute Gasteiger partial charge is 0.351 e. The molecule has 0 aliphatic carbocycles. The molecule has 0 saturated carbocycles. The van der Waals surface area contributed by atoms with Crippen LogP contribution < -0.4 is 4.90 Å². The molecule has 120 valence electrons. The molecular weight excluding hydrogens is 298 g/mol. The summed E-state index contributed by atoms with van der Waals surface area (Å²) in [7, 11) is 0. The van der Waals surface area contributed by atoms with Gasteiger partial charge >= 0.3 is 0 Å². The van der Waals surface area contributed by atoms with Crippen LogP contribution in [-0.4, -0.2) is 40.9 Å². The minimum absolute atomic E-state index is 0.752.